The SMILES string of the molecule is CC(C)[C@H](N)C(=O)NCCCCN1CCC(Cc2ccccc2)CC1. The van der Waals surface area contributed by atoms with Gasteiger partial charge >= 0.3 is 0 Å². The molecule has 1 aromatic carbocycles. The summed E-state index contributed by atoms with van der Waals surface area (Å²) in [4.78, 5) is 14.4. The van der Waals surface area contributed by atoms with E-state index in [-0.39, 0.29) is 17.9 Å². The van der Waals surface area contributed by atoms with Crippen LogP contribution in [0.2, 0.25) is 0 Å². The van der Waals surface area contributed by atoms with E-state index in [1.807, 2.05) is 13.8 Å². The second-order valence-corrected chi connectivity index (χ2v) is 7.74. The molecule has 0 radical (unpaired) electrons. The topological polar surface area (TPSA) is 58.4 Å². The molecule has 1 amide bonds. The summed E-state index contributed by atoms with van der Waals surface area (Å²) in [6.45, 7) is 8.26. The normalized spacial score (nSPS) is 17.6. The highest BCUT2D eigenvalue weighted by atomic mass is 16.2. The standard InChI is InChI=1S/C21H35N3O/c1-17(2)20(22)21(25)23-12-6-7-13-24-14-10-19(11-15-24)16-18-8-4-3-5-9-18/h3-5,8-9,17,19-20H,6-7,10-16,22H2,1-2H3,(H,23,25)/t20-/m0/s1. The lowest BCUT2D eigenvalue weighted by Gasteiger charge is -2.32. The number of likely N-dealkylation sites (tertiary alicyclic amines) is 1. The fourth-order valence-electron chi connectivity index (χ4n) is 3.45. The fourth-order valence-corrected chi connectivity index (χ4v) is 3.45. The first-order valence-corrected chi connectivity index (χ1v) is 9.86. The van der Waals surface area contributed by atoms with Crippen molar-refractivity contribution in [3.63, 3.8) is 0 Å². The Morgan fingerprint density at radius 1 is 1.20 bits per heavy atom. The maximum Gasteiger partial charge on any atom is 0.237 e. The van der Waals surface area contributed by atoms with Gasteiger partial charge in [-0.15, -0.1) is 0 Å². The molecule has 0 bridgehead atoms. The van der Waals surface area contributed by atoms with Gasteiger partial charge in [0, 0.05) is 6.54 Å². The summed E-state index contributed by atoms with van der Waals surface area (Å²) in [5, 5.41) is 2.95. The van der Waals surface area contributed by atoms with Crippen molar-refractivity contribution in [2.24, 2.45) is 17.6 Å². The van der Waals surface area contributed by atoms with E-state index >= 15 is 0 Å². The number of carbonyl (C=O) groups is 1. The minimum atomic E-state index is -0.386. The Morgan fingerprint density at radius 2 is 1.88 bits per heavy atom. The van der Waals surface area contributed by atoms with Crippen LogP contribution in [0, 0.1) is 11.8 Å². The first-order valence-electron chi connectivity index (χ1n) is 9.86. The highest BCUT2D eigenvalue weighted by Crippen LogP contribution is 2.21. The molecule has 2 rings (SSSR count). The van der Waals surface area contributed by atoms with E-state index in [0.717, 1.165) is 31.8 Å². The summed E-state index contributed by atoms with van der Waals surface area (Å²) in [5.74, 6) is 1.00. The average molecular weight is 346 g/mol. The smallest absolute Gasteiger partial charge is 0.237 e. The zero-order valence-electron chi connectivity index (χ0n) is 15.9. The Hall–Kier alpha value is -1.39. The van der Waals surface area contributed by atoms with Crippen molar-refractivity contribution in [2.75, 3.05) is 26.2 Å². The van der Waals surface area contributed by atoms with Gasteiger partial charge in [0.25, 0.3) is 0 Å². The Kier molecular flexibility index (Phi) is 8.42. The Labute approximate surface area is 153 Å². The van der Waals surface area contributed by atoms with E-state index in [4.69, 9.17) is 5.73 Å². The number of hydrogen-bond acceptors (Lipinski definition) is 3. The third-order valence-electron chi connectivity index (χ3n) is 5.30. The largest absolute Gasteiger partial charge is 0.355 e. The van der Waals surface area contributed by atoms with E-state index < -0.39 is 0 Å². The van der Waals surface area contributed by atoms with Gasteiger partial charge in [0.05, 0.1) is 6.04 Å². The van der Waals surface area contributed by atoms with Crippen LogP contribution >= 0.6 is 0 Å². The van der Waals surface area contributed by atoms with Crippen molar-refractivity contribution in [3.8, 4) is 0 Å². The molecule has 0 aromatic heterocycles. The molecule has 25 heavy (non-hydrogen) atoms. The van der Waals surface area contributed by atoms with Crippen LogP contribution in [0.1, 0.15) is 45.1 Å². The first-order chi connectivity index (χ1) is 12.1. The molecule has 4 nitrogen and oxygen atoms in total. The summed E-state index contributed by atoms with van der Waals surface area (Å²) in [7, 11) is 0. The molecule has 4 heteroatoms. The van der Waals surface area contributed by atoms with Gasteiger partial charge in [-0.3, -0.25) is 4.79 Å². The van der Waals surface area contributed by atoms with Crippen LogP contribution in [-0.2, 0) is 11.2 Å². The summed E-state index contributed by atoms with van der Waals surface area (Å²) in [6, 6.07) is 10.5. The second kappa shape index (κ2) is 10.6. The lowest BCUT2D eigenvalue weighted by Crippen LogP contribution is -2.44. The molecular formula is C21H35N3O. The summed E-state index contributed by atoms with van der Waals surface area (Å²) < 4.78 is 0. The van der Waals surface area contributed by atoms with Crippen molar-refractivity contribution in [1.29, 1.82) is 0 Å². The molecule has 3 N–H and O–H groups in total. The molecule has 1 aromatic rings. The van der Waals surface area contributed by atoms with Crippen molar-refractivity contribution in [3.05, 3.63) is 35.9 Å². The van der Waals surface area contributed by atoms with Crippen LogP contribution in [0.15, 0.2) is 30.3 Å². The van der Waals surface area contributed by atoms with Crippen molar-refractivity contribution in [1.82, 2.24) is 10.2 Å². The molecule has 0 aliphatic carbocycles. The van der Waals surface area contributed by atoms with Gasteiger partial charge < -0.3 is 16.0 Å². The van der Waals surface area contributed by atoms with Crippen LogP contribution in [0.25, 0.3) is 0 Å². The number of carbonyl (C=O) groups excluding carboxylic acids is 1. The number of piperidine rings is 1. The predicted molar refractivity (Wildman–Crippen MR) is 104 cm³/mol. The molecule has 1 atom stereocenters. The Morgan fingerprint density at radius 3 is 2.52 bits per heavy atom. The lowest BCUT2D eigenvalue weighted by atomic mass is 9.90. The number of unbranched alkanes of at least 4 members (excludes halogenated alkanes) is 1. The van der Waals surface area contributed by atoms with Gasteiger partial charge in [0.15, 0.2) is 0 Å². The molecule has 1 fully saturated rings. The molecule has 140 valence electrons. The maximum absolute atomic E-state index is 11.8. The molecule has 1 saturated heterocycles. The average Bonchev–Trinajstić information content (AvgIpc) is 2.62. The van der Waals surface area contributed by atoms with Crippen LogP contribution < -0.4 is 11.1 Å². The first kappa shape index (κ1) is 19.9. The van der Waals surface area contributed by atoms with Crippen molar-refractivity contribution >= 4 is 5.91 Å². The monoisotopic (exact) mass is 345 g/mol. The van der Waals surface area contributed by atoms with Gasteiger partial charge in [0.1, 0.15) is 0 Å². The quantitative estimate of drug-likeness (QED) is 0.677. The number of nitrogens with zero attached hydrogens (tertiary/aromatic N) is 1. The van der Waals surface area contributed by atoms with Gasteiger partial charge in [-0.05, 0) is 69.1 Å². The summed E-state index contributed by atoms with van der Waals surface area (Å²) in [5.41, 5.74) is 7.31. The Balaban J connectivity index is 1.53. The van der Waals surface area contributed by atoms with Gasteiger partial charge in [-0.1, -0.05) is 44.2 Å². The second-order valence-electron chi connectivity index (χ2n) is 7.74. The molecule has 1 aliphatic rings. The number of hydrogen-bond donors (Lipinski definition) is 2. The van der Waals surface area contributed by atoms with Crippen molar-refractivity contribution < 1.29 is 4.79 Å². The van der Waals surface area contributed by atoms with Gasteiger partial charge in [0.2, 0.25) is 5.91 Å². The Bertz CT molecular complexity index is 495. The third kappa shape index (κ3) is 7.17. The summed E-state index contributed by atoms with van der Waals surface area (Å²) >= 11 is 0. The highest BCUT2D eigenvalue weighted by molar-refractivity contribution is 5.81. The van der Waals surface area contributed by atoms with Crippen LogP contribution in [0.3, 0.4) is 0 Å². The number of nitrogens with two attached hydrogens (primary N) is 1. The van der Waals surface area contributed by atoms with E-state index in [1.54, 1.807) is 0 Å². The minimum Gasteiger partial charge on any atom is -0.355 e. The molecule has 0 saturated carbocycles. The third-order valence-corrected chi connectivity index (χ3v) is 5.30. The molecule has 1 heterocycles. The predicted octanol–water partition coefficient (Wildman–Crippen LogP) is 2.82. The minimum absolute atomic E-state index is 0.0169. The zero-order valence-corrected chi connectivity index (χ0v) is 15.9. The molecule has 0 spiro atoms. The van der Waals surface area contributed by atoms with Crippen molar-refractivity contribution in [2.45, 2.75) is 52.0 Å². The maximum atomic E-state index is 11.8. The zero-order chi connectivity index (χ0) is 18.1. The summed E-state index contributed by atoms with van der Waals surface area (Å²) in [6.07, 6.45) is 5.99. The fraction of sp³-hybridized carbons (Fsp3) is 0.667. The number of amides is 1. The molecule has 1 aliphatic heterocycles. The van der Waals surface area contributed by atoms with E-state index in [0.29, 0.717) is 0 Å². The number of benzene rings is 1. The van der Waals surface area contributed by atoms with Gasteiger partial charge in [-0.25, -0.2) is 0 Å². The highest BCUT2D eigenvalue weighted by Gasteiger charge is 2.19. The number of nitrogens with one attached hydrogen (secondary N) is 1. The van der Waals surface area contributed by atoms with E-state index in [9.17, 15) is 4.79 Å². The van der Waals surface area contributed by atoms with E-state index in [1.165, 1.54) is 37.9 Å². The van der Waals surface area contributed by atoms with Crippen LogP contribution in [-0.4, -0.2) is 43.0 Å². The van der Waals surface area contributed by atoms with E-state index in [2.05, 4.69) is 40.5 Å². The van der Waals surface area contributed by atoms with Crippen LogP contribution in [0.5, 0.6) is 0 Å². The van der Waals surface area contributed by atoms with Crippen LogP contribution in [0.4, 0.5) is 0 Å². The number of rotatable bonds is 9. The lowest BCUT2D eigenvalue weighted by molar-refractivity contribution is -0.123. The molecular weight excluding hydrogens is 310 g/mol. The molecule has 0 unspecified atom stereocenters. The van der Waals surface area contributed by atoms with Gasteiger partial charge in [-0.2, -0.15) is 0 Å².